The Hall–Kier alpha value is -2.44. The predicted molar refractivity (Wildman–Crippen MR) is 122 cm³/mol. The predicted octanol–water partition coefficient (Wildman–Crippen LogP) is 2.74. The molecular weight excluding hydrogens is 392 g/mol. The van der Waals surface area contributed by atoms with Gasteiger partial charge in [-0.25, -0.2) is 0 Å². The fourth-order valence-corrected chi connectivity index (χ4v) is 4.93. The number of carbonyl (C=O) groups excluding carboxylic acids is 1. The summed E-state index contributed by atoms with van der Waals surface area (Å²) in [7, 11) is 1.77. The molecule has 0 bridgehead atoms. The minimum Gasteiger partial charge on any atom is -0.488 e. The van der Waals surface area contributed by atoms with E-state index in [0.29, 0.717) is 19.1 Å². The number of carbonyl (C=O) groups is 1. The van der Waals surface area contributed by atoms with Crippen molar-refractivity contribution in [3.63, 3.8) is 0 Å². The van der Waals surface area contributed by atoms with Gasteiger partial charge >= 0.3 is 0 Å². The topological polar surface area (TPSA) is 75.2 Å². The van der Waals surface area contributed by atoms with Crippen molar-refractivity contribution in [3.8, 4) is 11.5 Å². The molecule has 1 unspecified atom stereocenters. The molecule has 7 heteroatoms. The van der Waals surface area contributed by atoms with Crippen LogP contribution in [0.25, 0.3) is 0 Å². The second-order valence-corrected chi connectivity index (χ2v) is 9.53. The highest BCUT2D eigenvalue weighted by Gasteiger charge is 2.33. The minimum atomic E-state index is -0.180. The van der Waals surface area contributed by atoms with Gasteiger partial charge in [0.05, 0.1) is 6.54 Å². The molecule has 31 heavy (non-hydrogen) atoms. The van der Waals surface area contributed by atoms with Gasteiger partial charge < -0.3 is 25.0 Å². The van der Waals surface area contributed by atoms with Gasteiger partial charge in [0.15, 0.2) is 17.5 Å². The number of hydrogen-bond acceptors (Lipinski definition) is 4. The van der Waals surface area contributed by atoms with Crippen LogP contribution in [0, 0.1) is 5.92 Å². The molecule has 1 aromatic carbocycles. The van der Waals surface area contributed by atoms with Gasteiger partial charge in [0.2, 0.25) is 5.91 Å². The smallest absolute Gasteiger partial charge is 0.225 e. The van der Waals surface area contributed by atoms with Crippen LogP contribution in [0.4, 0.5) is 0 Å². The Bertz CT molecular complexity index is 817. The molecule has 0 spiro atoms. The van der Waals surface area contributed by atoms with Gasteiger partial charge in [-0.1, -0.05) is 25.0 Å². The van der Waals surface area contributed by atoms with Gasteiger partial charge in [0.1, 0.15) is 12.2 Å². The van der Waals surface area contributed by atoms with Crippen LogP contribution in [0.15, 0.2) is 23.2 Å². The SMILES string of the molecule is CN=C(NCCOc1cccc2c1OC(C)(C)C2)NC1CCN(C(=O)C2CCCC2)C1. The van der Waals surface area contributed by atoms with Crippen LogP contribution in [0.1, 0.15) is 51.5 Å². The van der Waals surface area contributed by atoms with Crippen LogP contribution in [-0.2, 0) is 11.2 Å². The van der Waals surface area contributed by atoms with Crippen LogP contribution in [0.5, 0.6) is 11.5 Å². The molecule has 2 fully saturated rings. The van der Waals surface area contributed by atoms with Crippen molar-refractivity contribution in [1.82, 2.24) is 15.5 Å². The molecule has 0 radical (unpaired) electrons. The summed E-state index contributed by atoms with van der Waals surface area (Å²) in [5.41, 5.74) is 1.02. The number of likely N-dealkylation sites (tertiary alicyclic amines) is 1. The van der Waals surface area contributed by atoms with E-state index in [2.05, 4.69) is 35.5 Å². The molecule has 1 atom stereocenters. The average molecular weight is 429 g/mol. The lowest BCUT2D eigenvalue weighted by Gasteiger charge is -2.21. The first kappa shape index (κ1) is 21.8. The van der Waals surface area contributed by atoms with E-state index >= 15 is 0 Å². The fraction of sp³-hybridized carbons (Fsp3) is 0.667. The number of fused-ring (bicyclic) bond motifs is 1. The fourth-order valence-electron chi connectivity index (χ4n) is 4.93. The number of rotatable bonds is 6. The lowest BCUT2D eigenvalue weighted by Crippen LogP contribution is -2.46. The number of benzene rings is 1. The van der Waals surface area contributed by atoms with Crippen LogP contribution >= 0.6 is 0 Å². The van der Waals surface area contributed by atoms with Crippen molar-refractivity contribution < 1.29 is 14.3 Å². The summed E-state index contributed by atoms with van der Waals surface area (Å²) < 4.78 is 12.1. The maximum absolute atomic E-state index is 12.6. The monoisotopic (exact) mass is 428 g/mol. The molecule has 4 rings (SSSR count). The van der Waals surface area contributed by atoms with Crippen molar-refractivity contribution in [2.24, 2.45) is 10.9 Å². The van der Waals surface area contributed by atoms with Crippen LogP contribution in [-0.4, -0.2) is 61.7 Å². The van der Waals surface area contributed by atoms with E-state index in [4.69, 9.17) is 9.47 Å². The molecule has 170 valence electrons. The molecule has 1 aliphatic carbocycles. The number of nitrogens with zero attached hydrogens (tertiary/aromatic N) is 2. The summed E-state index contributed by atoms with van der Waals surface area (Å²) in [6.07, 6.45) is 6.36. The maximum Gasteiger partial charge on any atom is 0.225 e. The molecule has 2 aliphatic heterocycles. The van der Waals surface area contributed by atoms with E-state index < -0.39 is 0 Å². The lowest BCUT2D eigenvalue weighted by molar-refractivity contribution is -0.134. The van der Waals surface area contributed by atoms with Gasteiger partial charge in [-0.2, -0.15) is 0 Å². The number of aliphatic imine (C=N–C) groups is 1. The van der Waals surface area contributed by atoms with Gasteiger partial charge in [0.25, 0.3) is 0 Å². The summed E-state index contributed by atoms with van der Waals surface area (Å²) in [5.74, 6) is 3.01. The first-order valence-electron chi connectivity index (χ1n) is 11.6. The molecule has 1 saturated heterocycles. The van der Waals surface area contributed by atoms with E-state index in [1.165, 1.54) is 18.4 Å². The standard InChI is InChI=1S/C24H36N4O3/c1-24(2)15-18-9-6-10-20(21(18)31-24)30-14-12-26-23(25-3)27-19-11-13-28(16-19)22(29)17-7-4-5-8-17/h6,9-10,17,19H,4-5,7-8,11-16H2,1-3H3,(H2,25,26,27). The highest BCUT2D eigenvalue weighted by Crippen LogP contribution is 2.41. The van der Waals surface area contributed by atoms with Crippen LogP contribution in [0.3, 0.4) is 0 Å². The van der Waals surface area contributed by atoms with Crippen molar-refractivity contribution in [2.45, 2.75) is 64.0 Å². The Kier molecular flexibility index (Phi) is 6.58. The summed E-state index contributed by atoms with van der Waals surface area (Å²) in [6.45, 7) is 6.93. The number of nitrogens with one attached hydrogen (secondary N) is 2. The molecule has 1 aromatic rings. The number of ether oxygens (including phenoxy) is 2. The third-order valence-corrected chi connectivity index (χ3v) is 6.48. The zero-order valence-electron chi connectivity index (χ0n) is 19.1. The largest absolute Gasteiger partial charge is 0.488 e. The van der Waals surface area contributed by atoms with Gasteiger partial charge in [-0.05, 0) is 39.2 Å². The average Bonchev–Trinajstić information content (AvgIpc) is 3.48. The number of para-hydroxylation sites is 1. The van der Waals surface area contributed by atoms with Crippen molar-refractivity contribution in [3.05, 3.63) is 23.8 Å². The first-order chi connectivity index (χ1) is 14.9. The second kappa shape index (κ2) is 9.37. The van der Waals surface area contributed by atoms with Gasteiger partial charge in [0, 0.05) is 44.1 Å². The molecular formula is C24H36N4O3. The van der Waals surface area contributed by atoms with Gasteiger partial charge in [-0.3, -0.25) is 9.79 Å². The molecule has 3 aliphatic rings. The maximum atomic E-state index is 12.6. The van der Waals surface area contributed by atoms with Crippen molar-refractivity contribution >= 4 is 11.9 Å². The number of amides is 1. The van der Waals surface area contributed by atoms with Crippen LogP contribution < -0.4 is 20.1 Å². The quantitative estimate of drug-likeness (QED) is 0.414. The third kappa shape index (κ3) is 5.25. The van der Waals surface area contributed by atoms with E-state index in [1.54, 1.807) is 7.05 Å². The molecule has 1 saturated carbocycles. The Labute approximate surface area is 185 Å². The molecule has 0 aromatic heterocycles. The molecule has 2 N–H and O–H groups in total. The molecule has 1 amide bonds. The number of guanidine groups is 1. The van der Waals surface area contributed by atoms with Gasteiger partial charge in [-0.15, -0.1) is 0 Å². The summed E-state index contributed by atoms with van der Waals surface area (Å²) in [6, 6.07) is 6.32. The van der Waals surface area contributed by atoms with Crippen molar-refractivity contribution in [2.75, 3.05) is 33.3 Å². The normalized spacial score (nSPS) is 22.9. The zero-order chi connectivity index (χ0) is 21.8. The highest BCUT2D eigenvalue weighted by molar-refractivity contribution is 5.81. The van der Waals surface area contributed by atoms with Crippen LogP contribution in [0.2, 0.25) is 0 Å². The highest BCUT2D eigenvalue weighted by atomic mass is 16.5. The Morgan fingerprint density at radius 2 is 2.10 bits per heavy atom. The third-order valence-electron chi connectivity index (χ3n) is 6.48. The minimum absolute atomic E-state index is 0.180. The van der Waals surface area contributed by atoms with E-state index in [9.17, 15) is 4.79 Å². The summed E-state index contributed by atoms with van der Waals surface area (Å²) in [5, 5.41) is 6.78. The second-order valence-electron chi connectivity index (χ2n) is 9.53. The van der Waals surface area contributed by atoms with E-state index in [-0.39, 0.29) is 17.6 Å². The summed E-state index contributed by atoms with van der Waals surface area (Å²) >= 11 is 0. The lowest BCUT2D eigenvalue weighted by atomic mass is 10.0. The van der Waals surface area contributed by atoms with E-state index in [0.717, 1.165) is 56.2 Å². The Morgan fingerprint density at radius 1 is 1.29 bits per heavy atom. The Morgan fingerprint density at radius 3 is 2.87 bits per heavy atom. The van der Waals surface area contributed by atoms with Crippen molar-refractivity contribution in [1.29, 1.82) is 0 Å². The Balaban J connectivity index is 1.20. The molecule has 2 heterocycles. The summed E-state index contributed by atoms with van der Waals surface area (Å²) in [4.78, 5) is 19.0. The first-order valence-corrected chi connectivity index (χ1v) is 11.6. The zero-order valence-corrected chi connectivity index (χ0v) is 19.1. The number of hydrogen-bond donors (Lipinski definition) is 2. The van der Waals surface area contributed by atoms with E-state index in [1.807, 2.05) is 17.0 Å². The molecule has 7 nitrogen and oxygen atoms in total.